The Morgan fingerprint density at radius 3 is 2.50 bits per heavy atom. The van der Waals surface area contributed by atoms with Gasteiger partial charge in [0.1, 0.15) is 0 Å². The van der Waals surface area contributed by atoms with Gasteiger partial charge in [-0.15, -0.1) is 0 Å². The number of primary amides is 1. The molecule has 1 aliphatic rings. The molecule has 11 nitrogen and oxygen atoms in total. The lowest BCUT2D eigenvalue weighted by molar-refractivity contribution is -0.137. The SMILES string of the molecule is CCOC(=O)C=Cc1ccc(S(=O)(=O)NC(=O)C(c2ccc3c(c2)OCO3)c2cn(C)c3cc(C(N)=O)ccc23)cc1. The Hall–Kier alpha value is -5.10. The Kier molecular flexibility index (Phi) is 7.72. The van der Waals surface area contributed by atoms with Crippen LogP contribution in [-0.2, 0) is 31.4 Å². The van der Waals surface area contributed by atoms with Crippen LogP contribution in [0.4, 0.5) is 0 Å². The standard InChI is InChI=1S/C30H27N3O8S/c1-3-39-27(34)13-6-18-4-9-21(10-5-18)42(37,38)32-30(36)28(19-8-12-25-26(15-19)41-17-40-25)23-16-33(2)24-14-20(29(31)35)7-11-22(23)24/h4-16,28H,3,17H2,1-2H3,(H2,31,35)(H,32,36). The third kappa shape index (κ3) is 5.70. The second-order valence-electron chi connectivity index (χ2n) is 9.46. The van der Waals surface area contributed by atoms with Crippen molar-refractivity contribution in [1.82, 2.24) is 9.29 Å². The van der Waals surface area contributed by atoms with Gasteiger partial charge in [-0.2, -0.15) is 0 Å². The Labute approximate surface area is 241 Å². The number of esters is 1. The predicted molar refractivity (Wildman–Crippen MR) is 153 cm³/mol. The average Bonchev–Trinajstić information content (AvgIpc) is 3.56. The van der Waals surface area contributed by atoms with Crippen LogP contribution in [0.3, 0.4) is 0 Å². The van der Waals surface area contributed by atoms with Gasteiger partial charge in [-0.25, -0.2) is 17.9 Å². The summed E-state index contributed by atoms with van der Waals surface area (Å²) < 4.78 is 46.3. The maximum Gasteiger partial charge on any atom is 0.330 e. The van der Waals surface area contributed by atoms with Crippen molar-refractivity contribution in [2.45, 2.75) is 17.7 Å². The van der Waals surface area contributed by atoms with Gasteiger partial charge < -0.3 is 24.5 Å². The summed E-state index contributed by atoms with van der Waals surface area (Å²) in [5.74, 6) is -2.06. The number of carbonyl (C=O) groups excluding carboxylic acids is 3. The lowest BCUT2D eigenvalue weighted by Gasteiger charge is -2.18. The van der Waals surface area contributed by atoms with E-state index < -0.39 is 33.7 Å². The molecule has 2 amide bonds. The highest BCUT2D eigenvalue weighted by atomic mass is 32.2. The van der Waals surface area contributed by atoms with Crippen LogP contribution in [-0.4, -0.2) is 44.2 Å². The van der Waals surface area contributed by atoms with E-state index in [9.17, 15) is 22.8 Å². The molecule has 1 unspecified atom stereocenters. The summed E-state index contributed by atoms with van der Waals surface area (Å²) in [5, 5.41) is 0.635. The van der Waals surface area contributed by atoms with Gasteiger partial charge in [0.15, 0.2) is 11.5 Å². The van der Waals surface area contributed by atoms with Crippen molar-refractivity contribution >= 4 is 44.8 Å². The van der Waals surface area contributed by atoms with E-state index in [-0.39, 0.29) is 18.3 Å². The number of benzene rings is 3. The smallest absolute Gasteiger partial charge is 0.330 e. The Balaban J connectivity index is 1.50. The monoisotopic (exact) mass is 589 g/mol. The van der Waals surface area contributed by atoms with Gasteiger partial charge in [-0.1, -0.05) is 24.3 Å². The van der Waals surface area contributed by atoms with Gasteiger partial charge in [-0.05, 0) is 66.1 Å². The molecule has 12 heteroatoms. The summed E-state index contributed by atoms with van der Waals surface area (Å²) >= 11 is 0. The molecule has 42 heavy (non-hydrogen) atoms. The molecule has 0 saturated heterocycles. The first-order valence-electron chi connectivity index (χ1n) is 12.9. The normalized spacial score (nSPS) is 13.3. The van der Waals surface area contributed by atoms with Gasteiger partial charge in [0.05, 0.1) is 17.4 Å². The summed E-state index contributed by atoms with van der Waals surface area (Å²) in [6.07, 6.45) is 4.44. The molecule has 0 bridgehead atoms. The maximum atomic E-state index is 13.9. The number of rotatable bonds is 9. The summed E-state index contributed by atoms with van der Waals surface area (Å²) in [4.78, 5) is 37.1. The molecule has 216 valence electrons. The topological polar surface area (TPSA) is 156 Å². The first-order valence-corrected chi connectivity index (χ1v) is 14.4. The molecule has 0 spiro atoms. The highest BCUT2D eigenvalue weighted by Gasteiger charge is 2.31. The first kappa shape index (κ1) is 28.4. The molecule has 4 aromatic rings. The molecule has 5 rings (SSSR count). The number of nitrogens with two attached hydrogens (primary N) is 1. The number of fused-ring (bicyclic) bond motifs is 2. The molecule has 3 aromatic carbocycles. The Morgan fingerprint density at radius 1 is 1.05 bits per heavy atom. The minimum atomic E-state index is -4.29. The summed E-state index contributed by atoms with van der Waals surface area (Å²) in [5.41, 5.74) is 7.93. The van der Waals surface area contributed by atoms with Crippen molar-refractivity contribution in [2.75, 3.05) is 13.4 Å². The second kappa shape index (κ2) is 11.4. The predicted octanol–water partition coefficient (Wildman–Crippen LogP) is 3.22. The van der Waals surface area contributed by atoms with Gasteiger partial charge in [0, 0.05) is 35.8 Å². The summed E-state index contributed by atoms with van der Waals surface area (Å²) in [7, 11) is -2.54. The van der Waals surface area contributed by atoms with Crippen molar-refractivity contribution in [3.63, 3.8) is 0 Å². The molecule has 1 aliphatic heterocycles. The van der Waals surface area contributed by atoms with Crippen LogP contribution >= 0.6 is 0 Å². The van der Waals surface area contributed by atoms with E-state index in [0.717, 1.165) is 0 Å². The Morgan fingerprint density at radius 2 is 1.79 bits per heavy atom. The van der Waals surface area contributed by atoms with Crippen LogP contribution < -0.4 is 19.9 Å². The molecule has 0 saturated carbocycles. The van der Waals surface area contributed by atoms with Crippen molar-refractivity contribution in [3.8, 4) is 11.5 Å². The van der Waals surface area contributed by atoms with E-state index in [1.807, 2.05) is 0 Å². The number of carbonyl (C=O) groups is 3. The molecule has 3 N–H and O–H groups in total. The van der Waals surface area contributed by atoms with Gasteiger partial charge in [0.25, 0.3) is 10.0 Å². The van der Waals surface area contributed by atoms with Crippen LogP contribution in [0.2, 0.25) is 0 Å². The number of nitrogens with zero attached hydrogens (tertiary/aromatic N) is 1. The van der Waals surface area contributed by atoms with Crippen LogP contribution in [0.5, 0.6) is 11.5 Å². The van der Waals surface area contributed by atoms with E-state index in [0.29, 0.717) is 44.7 Å². The average molecular weight is 590 g/mol. The lowest BCUT2D eigenvalue weighted by atomic mass is 9.90. The van der Waals surface area contributed by atoms with Crippen LogP contribution in [0.25, 0.3) is 17.0 Å². The van der Waals surface area contributed by atoms with Crippen molar-refractivity contribution in [3.05, 3.63) is 95.2 Å². The molecule has 0 radical (unpaired) electrons. The number of sulfonamides is 1. The van der Waals surface area contributed by atoms with Crippen LogP contribution in [0.1, 0.15) is 39.9 Å². The fraction of sp³-hybridized carbons (Fsp3) is 0.167. The number of ether oxygens (including phenoxy) is 3. The van der Waals surface area contributed by atoms with Crippen LogP contribution in [0.15, 0.2) is 77.8 Å². The van der Waals surface area contributed by atoms with Gasteiger partial charge in [-0.3, -0.25) is 9.59 Å². The van der Waals surface area contributed by atoms with Crippen molar-refractivity contribution < 1.29 is 37.0 Å². The lowest BCUT2D eigenvalue weighted by Crippen LogP contribution is -2.35. The number of aryl methyl sites for hydroxylation is 1. The maximum absolute atomic E-state index is 13.9. The number of amides is 2. The minimum absolute atomic E-state index is 0.0269. The quantitative estimate of drug-likeness (QED) is 0.223. The fourth-order valence-electron chi connectivity index (χ4n) is 4.73. The van der Waals surface area contributed by atoms with Gasteiger partial charge >= 0.3 is 5.97 Å². The highest BCUT2D eigenvalue weighted by molar-refractivity contribution is 7.90. The fourth-order valence-corrected chi connectivity index (χ4v) is 5.72. The number of hydrogen-bond acceptors (Lipinski definition) is 8. The molecule has 0 fully saturated rings. The third-order valence-electron chi connectivity index (χ3n) is 6.73. The zero-order chi connectivity index (χ0) is 30.0. The molecule has 1 atom stereocenters. The number of hydrogen-bond donors (Lipinski definition) is 2. The molecule has 2 heterocycles. The third-order valence-corrected chi connectivity index (χ3v) is 8.10. The molecule has 0 aliphatic carbocycles. The van der Waals surface area contributed by atoms with Crippen molar-refractivity contribution in [2.24, 2.45) is 12.8 Å². The summed E-state index contributed by atoms with van der Waals surface area (Å²) in [6.45, 7) is 1.95. The number of aromatic nitrogens is 1. The van der Waals surface area contributed by atoms with Gasteiger partial charge in [0.2, 0.25) is 18.6 Å². The van der Waals surface area contributed by atoms with E-state index in [4.69, 9.17) is 19.9 Å². The van der Waals surface area contributed by atoms with E-state index in [2.05, 4.69) is 4.72 Å². The molecule has 1 aromatic heterocycles. The molecular formula is C30H27N3O8S. The minimum Gasteiger partial charge on any atom is -0.463 e. The second-order valence-corrected chi connectivity index (χ2v) is 11.1. The largest absolute Gasteiger partial charge is 0.463 e. The van der Waals surface area contributed by atoms with Crippen LogP contribution in [0, 0.1) is 0 Å². The Bertz CT molecular complexity index is 1840. The van der Waals surface area contributed by atoms with Crippen molar-refractivity contribution in [1.29, 1.82) is 0 Å². The zero-order valence-electron chi connectivity index (χ0n) is 22.7. The van der Waals surface area contributed by atoms with E-state index >= 15 is 0 Å². The summed E-state index contributed by atoms with van der Waals surface area (Å²) in [6, 6.07) is 15.5. The van der Waals surface area contributed by atoms with E-state index in [1.54, 1.807) is 61.1 Å². The first-order chi connectivity index (χ1) is 20.1. The zero-order valence-corrected chi connectivity index (χ0v) is 23.5. The molecular weight excluding hydrogens is 562 g/mol. The number of nitrogens with one attached hydrogen (secondary N) is 1. The highest BCUT2D eigenvalue weighted by Crippen LogP contribution is 2.39. The van der Waals surface area contributed by atoms with E-state index in [1.165, 1.54) is 36.4 Å².